The molecular weight excluding hydrogens is 176 g/mol. The summed E-state index contributed by atoms with van der Waals surface area (Å²) >= 11 is 3.48. The SMILES string of the molecule is BrCCC1CC2(CC2)C1. The maximum Gasteiger partial charge on any atom is 0.00339 e. The predicted molar refractivity (Wildman–Crippen MR) is 42.8 cm³/mol. The molecule has 0 nitrogen and oxygen atoms in total. The van der Waals surface area contributed by atoms with Gasteiger partial charge in [0.2, 0.25) is 0 Å². The zero-order valence-electron chi connectivity index (χ0n) is 5.70. The molecule has 0 aromatic carbocycles. The van der Waals surface area contributed by atoms with Gasteiger partial charge < -0.3 is 0 Å². The van der Waals surface area contributed by atoms with Gasteiger partial charge in [-0.05, 0) is 43.4 Å². The van der Waals surface area contributed by atoms with E-state index >= 15 is 0 Å². The van der Waals surface area contributed by atoms with Crippen molar-refractivity contribution >= 4 is 15.9 Å². The zero-order valence-corrected chi connectivity index (χ0v) is 7.28. The van der Waals surface area contributed by atoms with E-state index in [1.807, 2.05) is 0 Å². The number of hydrogen-bond donors (Lipinski definition) is 0. The van der Waals surface area contributed by atoms with E-state index in [2.05, 4.69) is 15.9 Å². The Balaban J connectivity index is 1.71. The van der Waals surface area contributed by atoms with Crippen LogP contribution in [0.25, 0.3) is 0 Å². The minimum Gasteiger partial charge on any atom is -0.0928 e. The van der Waals surface area contributed by atoms with Crippen molar-refractivity contribution in [2.75, 3.05) is 5.33 Å². The van der Waals surface area contributed by atoms with Crippen LogP contribution in [-0.2, 0) is 0 Å². The van der Waals surface area contributed by atoms with Crippen molar-refractivity contribution in [3.8, 4) is 0 Å². The predicted octanol–water partition coefficient (Wildman–Crippen LogP) is 2.96. The van der Waals surface area contributed by atoms with Crippen molar-refractivity contribution in [3.63, 3.8) is 0 Å². The van der Waals surface area contributed by atoms with Crippen LogP contribution in [0.3, 0.4) is 0 Å². The third kappa shape index (κ3) is 1.04. The van der Waals surface area contributed by atoms with Crippen LogP contribution in [0.2, 0.25) is 0 Å². The molecule has 2 rings (SSSR count). The molecule has 0 amide bonds. The highest BCUT2D eigenvalue weighted by Gasteiger charge is 2.51. The molecule has 0 aromatic heterocycles. The Morgan fingerprint density at radius 1 is 1.33 bits per heavy atom. The molecule has 0 atom stereocenters. The Bertz CT molecular complexity index is 108. The molecule has 0 bridgehead atoms. The monoisotopic (exact) mass is 188 g/mol. The minimum atomic E-state index is 0.923. The van der Waals surface area contributed by atoms with Crippen LogP contribution in [0, 0.1) is 11.3 Å². The summed E-state index contributed by atoms with van der Waals surface area (Å²) in [6.45, 7) is 0. The molecule has 52 valence electrons. The van der Waals surface area contributed by atoms with Gasteiger partial charge in [-0.3, -0.25) is 0 Å². The first kappa shape index (κ1) is 6.21. The molecule has 0 heterocycles. The van der Waals surface area contributed by atoms with Gasteiger partial charge in [0, 0.05) is 5.33 Å². The van der Waals surface area contributed by atoms with Crippen LogP contribution >= 0.6 is 15.9 Å². The van der Waals surface area contributed by atoms with Crippen molar-refractivity contribution in [1.82, 2.24) is 0 Å². The largest absolute Gasteiger partial charge is 0.0928 e. The lowest BCUT2D eigenvalue weighted by molar-refractivity contribution is 0.165. The summed E-state index contributed by atoms with van der Waals surface area (Å²) in [5.41, 5.74) is 0.923. The van der Waals surface area contributed by atoms with Crippen molar-refractivity contribution < 1.29 is 0 Å². The summed E-state index contributed by atoms with van der Waals surface area (Å²) in [6, 6.07) is 0. The van der Waals surface area contributed by atoms with Gasteiger partial charge >= 0.3 is 0 Å². The van der Waals surface area contributed by atoms with E-state index < -0.39 is 0 Å². The fourth-order valence-electron chi connectivity index (χ4n) is 2.11. The Kier molecular flexibility index (Phi) is 1.37. The van der Waals surface area contributed by atoms with Crippen LogP contribution in [-0.4, -0.2) is 5.33 Å². The molecule has 2 aliphatic carbocycles. The van der Waals surface area contributed by atoms with Crippen molar-refractivity contribution in [1.29, 1.82) is 0 Å². The van der Waals surface area contributed by atoms with E-state index in [1.54, 1.807) is 25.7 Å². The van der Waals surface area contributed by atoms with Crippen LogP contribution in [0.4, 0.5) is 0 Å². The molecule has 0 radical (unpaired) electrons. The van der Waals surface area contributed by atoms with Crippen LogP contribution in [0.1, 0.15) is 32.1 Å². The molecule has 0 aromatic rings. The number of halogens is 1. The van der Waals surface area contributed by atoms with Gasteiger partial charge in [-0.25, -0.2) is 0 Å². The summed E-state index contributed by atoms with van der Waals surface area (Å²) in [5, 5.41) is 1.22. The van der Waals surface area contributed by atoms with Gasteiger partial charge in [-0.1, -0.05) is 15.9 Å². The normalized spacial score (nSPS) is 30.3. The van der Waals surface area contributed by atoms with Crippen LogP contribution in [0.15, 0.2) is 0 Å². The molecule has 2 saturated carbocycles. The second-order valence-corrected chi connectivity index (χ2v) is 4.54. The second-order valence-electron chi connectivity index (χ2n) is 3.75. The van der Waals surface area contributed by atoms with Gasteiger partial charge in [-0.2, -0.15) is 0 Å². The summed E-state index contributed by atoms with van der Waals surface area (Å²) in [7, 11) is 0. The van der Waals surface area contributed by atoms with Crippen molar-refractivity contribution in [2.45, 2.75) is 32.1 Å². The topological polar surface area (TPSA) is 0 Å². The number of rotatable bonds is 2. The molecule has 0 N–H and O–H groups in total. The molecule has 0 unspecified atom stereocenters. The van der Waals surface area contributed by atoms with E-state index in [0.717, 1.165) is 11.3 Å². The molecule has 1 spiro atoms. The van der Waals surface area contributed by atoms with Crippen molar-refractivity contribution in [3.05, 3.63) is 0 Å². The maximum absolute atomic E-state index is 3.48. The van der Waals surface area contributed by atoms with E-state index in [9.17, 15) is 0 Å². The van der Waals surface area contributed by atoms with Gasteiger partial charge in [-0.15, -0.1) is 0 Å². The van der Waals surface area contributed by atoms with E-state index in [0.29, 0.717) is 0 Å². The Labute approximate surface area is 65.1 Å². The Morgan fingerprint density at radius 3 is 2.44 bits per heavy atom. The van der Waals surface area contributed by atoms with Gasteiger partial charge in [0.15, 0.2) is 0 Å². The lowest BCUT2D eigenvalue weighted by atomic mass is 9.71. The maximum atomic E-state index is 3.48. The van der Waals surface area contributed by atoms with E-state index in [1.165, 1.54) is 11.8 Å². The first-order valence-corrected chi connectivity index (χ1v) is 5.03. The zero-order chi connectivity index (χ0) is 6.32. The lowest BCUT2D eigenvalue weighted by Crippen LogP contribution is -2.24. The third-order valence-electron chi connectivity index (χ3n) is 2.92. The third-order valence-corrected chi connectivity index (χ3v) is 3.38. The van der Waals surface area contributed by atoms with Crippen LogP contribution in [0.5, 0.6) is 0 Å². The van der Waals surface area contributed by atoms with Gasteiger partial charge in [0.05, 0.1) is 0 Å². The molecular formula is C8H13Br. The quantitative estimate of drug-likeness (QED) is 0.586. The first-order chi connectivity index (χ1) is 4.35. The molecule has 2 aliphatic rings. The number of alkyl halides is 1. The second kappa shape index (κ2) is 1.98. The highest BCUT2D eigenvalue weighted by molar-refractivity contribution is 9.09. The van der Waals surface area contributed by atoms with Gasteiger partial charge in [0.25, 0.3) is 0 Å². The standard InChI is InChI=1S/C8H13Br/c9-4-1-7-5-8(6-7)2-3-8/h7H,1-6H2. The molecule has 9 heavy (non-hydrogen) atoms. The average Bonchev–Trinajstić information content (AvgIpc) is 2.45. The average molecular weight is 189 g/mol. The van der Waals surface area contributed by atoms with E-state index in [-0.39, 0.29) is 0 Å². The first-order valence-electron chi connectivity index (χ1n) is 3.91. The highest BCUT2D eigenvalue weighted by Crippen LogP contribution is 2.63. The number of hydrogen-bond acceptors (Lipinski definition) is 0. The molecule has 0 saturated heterocycles. The fraction of sp³-hybridized carbons (Fsp3) is 1.00. The highest BCUT2D eigenvalue weighted by atomic mass is 79.9. The van der Waals surface area contributed by atoms with Crippen molar-refractivity contribution in [2.24, 2.45) is 11.3 Å². The summed E-state index contributed by atoms with van der Waals surface area (Å²) in [6.07, 6.45) is 7.62. The molecule has 2 fully saturated rings. The van der Waals surface area contributed by atoms with Crippen LogP contribution < -0.4 is 0 Å². The Hall–Kier alpha value is 0.480. The summed E-state index contributed by atoms with van der Waals surface area (Å²) in [5.74, 6) is 1.09. The molecule has 1 heteroatoms. The van der Waals surface area contributed by atoms with E-state index in [4.69, 9.17) is 0 Å². The lowest BCUT2D eigenvalue weighted by Gasteiger charge is -2.35. The smallest absolute Gasteiger partial charge is 0.00339 e. The summed E-state index contributed by atoms with van der Waals surface area (Å²) < 4.78 is 0. The molecule has 0 aliphatic heterocycles. The fourth-order valence-corrected chi connectivity index (χ4v) is 2.76. The minimum absolute atomic E-state index is 0.923. The Morgan fingerprint density at radius 2 is 2.00 bits per heavy atom. The van der Waals surface area contributed by atoms with Gasteiger partial charge in [0.1, 0.15) is 0 Å². The summed E-state index contributed by atoms with van der Waals surface area (Å²) in [4.78, 5) is 0.